The fourth-order valence-corrected chi connectivity index (χ4v) is 9.09. The summed E-state index contributed by atoms with van der Waals surface area (Å²) in [6, 6.07) is 73.8. The van der Waals surface area contributed by atoms with Crippen LogP contribution in [-0.4, -0.2) is 19.1 Å². The van der Waals surface area contributed by atoms with E-state index >= 15 is 0 Å². The SMILES string of the molecule is c1ccc(-n2c3ccccc3c3cc(-c4ccc5c(c4)c4nc(-c6cccc7ccccc67)nc(-c6cccc7ccccc67)c4n5-c4ccccc4)ccc32)cc1. The second-order valence-electron chi connectivity index (χ2n) is 15.0. The predicted molar refractivity (Wildman–Crippen MR) is 242 cm³/mol. The van der Waals surface area contributed by atoms with Crippen molar-refractivity contribution >= 4 is 65.3 Å². The lowest BCUT2D eigenvalue weighted by molar-refractivity contribution is 1.15. The number of hydrogen-bond donors (Lipinski definition) is 0. The summed E-state index contributed by atoms with van der Waals surface area (Å²) in [5, 5.41) is 8.15. The van der Waals surface area contributed by atoms with Gasteiger partial charge in [-0.3, -0.25) is 0 Å². The van der Waals surface area contributed by atoms with Gasteiger partial charge in [-0.05, 0) is 87.3 Å². The van der Waals surface area contributed by atoms with Gasteiger partial charge >= 0.3 is 0 Å². The molecule has 0 N–H and O–H groups in total. The largest absolute Gasteiger partial charge is 0.309 e. The summed E-state index contributed by atoms with van der Waals surface area (Å²) in [5.41, 5.74) is 12.9. The highest BCUT2D eigenvalue weighted by molar-refractivity contribution is 6.15. The van der Waals surface area contributed by atoms with Gasteiger partial charge in [-0.2, -0.15) is 0 Å². The van der Waals surface area contributed by atoms with Crippen LogP contribution in [0.15, 0.2) is 206 Å². The quantitative estimate of drug-likeness (QED) is 0.176. The van der Waals surface area contributed by atoms with E-state index in [2.05, 4.69) is 215 Å². The molecule has 12 rings (SSSR count). The van der Waals surface area contributed by atoms with Crippen molar-refractivity contribution in [3.05, 3.63) is 206 Å². The van der Waals surface area contributed by atoms with Crippen LogP contribution in [0.25, 0.3) is 110 Å². The fraction of sp³-hybridized carbons (Fsp3) is 0. The molecule has 0 aliphatic heterocycles. The van der Waals surface area contributed by atoms with Crippen molar-refractivity contribution in [2.75, 3.05) is 0 Å². The number of fused-ring (bicyclic) bond motifs is 8. The predicted octanol–water partition coefficient (Wildman–Crippen LogP) is 14.0. The van der Waals surface area contributed by atoms with Gasteiger partial charge in [0, 0.05) is 38.7 Å². The van der Waals surface area contributed by atoms with Crippen molar-refractivity contribution in [2.24, 2.45) is 0 Å². The van der Waals surface area contributed by atoms with E-state index in [1.807, 2.05) is 0 Å². The summed E-state index contributed by atoms with van der Waals surface area (Å²) in [6.45, 7) is 0. The number of rotatable bonds is 5. The van der Waals surface area contributed by atoms with Crippen LogP contribution in [-0.2, 0) is 0 Å². The Morgan fingerprint density at radius 2 is 0.828 bits per heavy atom. The number of benzene rings is 9. The Morgan fingerprint density at radius 1 is 0.328 bits per heavy atom. The van der Waals surface area contributed by atoms with Crippen LogP contribution in [0.2, 0.25) is 0 Å². The van der Waals surface area contributed by atoms with Crippen molar-refractivity contribution in [3.63, 3.8) is 0 Å². The van der Waals surface area contributed by atoms with E-state index in [-0.39, 0.29) is 0 Å². The van der Waals surface area contributed by atoms with Gasteiger partial charge in [0.1, 0.15) is 5.52 Å². The van der Waals surface area contributed by atoms with Crippen LogP contribution in [0.4, 0.5) is 0 Å². The standard InChI is InChI=1S/C54H34N4/c1-3-19-39(20-4-1)57-48-28-12-11-25-43(48)46-33-37(29-31-49(46)57)38-30-32-50-47(34-38)52-53(58(50)40-21-5-2-6-22-40)51(44-26-13-17-35-15-7-9-23-41(35)44)55-54(56-52)45-27-14-18-36-16-8-10-24-42(36)45/h1-34H. The van der Waals surface area contributed by atoms with Crippen molar-refractivity contribution in [1.82, 2.24) is 19.1 Å². The highest BCUT2D eigenvalue weighted by Gasteiger charge is 2.23. The lowest BCUT2D eigenvalue weighted by Crippen LogP contribution is -2.00. The van der Waals surface area contributed by atoms with Gasteiger partial charge in [0.15, 0.2) is 5.82 Å². The third kappa shape index (κ3) is 4.95. The summed E-state index contributed by atoms with van der Waals surface area (Å²) >= 11 is 0. The summed E-state index contributed by atoms with van der Waals surface area (Å²) in [5.74, 6) is 0.708. The molecular weight excluding hydrogens is 705 g/mol. The van der Waals surface area contributed by atoms with E-state index in [1.54, 1.807) is 0 Å². The Kier molecular flexibility index (Phi) is 7.20. The first-order chi connectivity index (χ1) is 28.8. The topological polar surface area (TPSA) is 35.6 Å². The molecule has 0 saturated heterocycles. The van der Waals surface area contributed by atoms with Crippen LogP contribution in [0, 0.1) is 0 Å². The van der Waals surface area contributed by atoms with Gasteiger partial charge in [-0.15, -0.1) is 0 Å². The molecule has 0 fully saturated rings. The maximum Gasteiger partial charge on any atom is 0.161 e. The van der Waals surface area contributed by atoms with Gasteiger partial charge in [0.25, 0.3) is 0 Å². The molecule has 4 heteroatoms. The zero-order valence-electron chi connectivity index (χ0n) is 31.4. The Morgan fingerprint density at radius 3 is 1.52 bits per heavy atom. The lowest BCUT2D eigenvalue weighted by atomic mass is 9.99. The maximum atomic E-state index is 5.56. The Bertz CT molecular complexity index is 3550. The molecule has 0 aliphatic rings. The molecule has 12 aromatic rings. The molecule has 0 saturated carbocycles. The first-order valence-corrected chi connectivity index (χ1v) is 19.8. The average Bonchev–Trinajstić information content (AvgIpc) is 3.81. The molecule has 0 amide bonds. The first-order valence-electron chi connectivity index (χ1n) is 19.8. The highest BCUT2D eigenvalue weighted by Crippen LogP contribution is 2.42. The maximum absolute atomic E-state index is 5.56. The zero-order chi connectivity index (χ0) is 38.2. The van der Waals surface area contributed by atoms with E-state index < -0.39 is 0 Å². The van der Waals surface area contributed by atoms with Gasteiger partial charge < -0.3 is 9.13 Å². The van der Waals surface area contributed by atoms with Crippen LogP contribution in [0.1, 0.15) is 0 Å². The number of hydrogen-bond acceptors (Lipinski definition) is 2. The molecule has 0 unspecified atom stereocenters. The summed E-state index contributed by atoms with van der Waals surface area (Å²) in [4.78, 5) is 11.1. The van der Waals surface area contributed by atoms with Crippen molar-refractivity contribution in [3.8, 4) is 45.1 Å². The molecule has 0 aliphatic carbocycles. The third-order valence-electron chi connectivity index (χ3n) is 11.7. The summed E-state index contributed by atoms with van der Waals surface area (Å²) in [6.07, 6.45) is 0. The normalized spacial score (nSPS) is 11.8. The van der Waals surface area contributed by atoms with E-state index in [9.17, 15) is 0 Å². The van der Waals surface area contributed by atoms with E-state index in [0.717, 1.165) is 77.4 Å². The molecule has 9 aromatic carbocycles. The van der Waals surface area contributed by atoms with E-state index in [1.165, 1.54) is 27.2 Å². The van der Waals surface area contributed by atoms with Gasteiger partial charge in [-0.1, -0.05) is 152 Å². The minimum Gasteiger partial charge on any atom is -0.309 e. The summed E-state index contributed by atoms with van der Waals surface area (Å²) < 4.78 is 4.72. The van der Waals surface area contributed by atoms with E-state index in [4.69, 9.17) is 9.97 Å². The molecule has 3 aromatic heterocycles. The Hall–Kier alpha value is -7.82. The van der Waals surface area contributed by atoms with Crippen LogP contribution >= 0.6 is 0 Å². The van der Waals surface area contributed by atoms with Crippen molar-refractivity contribution in [2.45, 2.75) is 0 Å². The second-order valence-corrected chi connectivity index (χ2v) is 15.0. The zero-order valence-corrected chi connectivity index (χ0v) is 31.4. The minimum atomic E-state index is 0.708. The molecule has 0 radical (unpaired) electrons. The number of para-hydroxylation sites is 3. The lowest BCUT2D eigenvalue weighted by Gasteiger charge is -2.14. The molecule has 4 nitrogen and oxygen atoms in total. The van der Waals surface area contributed by atoms with Crippen LogP contribution in [0.5, 0.6) is 0 Å². The highest BCUT2D eigenvalue weighted by atomic mass is 15.0. The van der Waals surface area contributed by atoms with Crippen LogP contribution in [0.3, 0.4) is 0 Å². The fourth-order valence-electron chi connectivity index (χ4n) is 9.09. The molecule has 270 valence electrons. The summed E-state index contributed by atoms with van der Waals surface area (Å²) in [7, 11) is 0. The Labute approximate surface area is 334 Å². The molecule has 0 bridgehead atoms. The molecule has 3 heterocycles. The molecule has 58 heavy (non-hydrogen) atoms. The average molecular weight is 739 g/mol. The molecular formula is C54H34N4. The molecule has 0 spiro atoms. The number of aromatic nitrogens is 4. The van der Waals surface area contributed by atoms with Gasteiger partial charge in [0.2, 0.25) is 0 Å². The van der Waals surface area contributed by atoms with Gasteiger partial charge in [0.05, 0.1) is 27.8 Å². The van der Waals surface area contributed by atoms with Gasteiger partial charge in [-0.25, -0.2) is 9.97 Å². The number of nitrogens with zero attached hydrogens (tertiary/aromatic N) is 4. The Balaban J connectivity index is 1.17. The first kappa shape index (κ1) is 32.4. The second kappa shape index (κ2) is 12.9. The molecule has 0 atom stereocenters. The van der Waals surface area contributed by atoms with E-state index in [0.29, 0.717) is 5.82 Å². The van der Waals surface area contributed by atoms with Crippen molar-refractivity contribution in [1.29, 1.82) is 0 Å². The monoisotopic (exact) mass is 738 g/mol. The minimum absolute atomic E-state index is 0.708. The van der Waals surface area contributed by atoms with Crippen LogP contribution < -0.4 is 0 Å². The third-order valence-corrected chi connectivity index (χ3v) is 11.7. The smallest absolute Gasteiger partial charge is 0.161 e. The van der Waals surface area contributed by atoms with Crippen molar-refractivity contribution < 1.29 is 0 Å².